The molecule has 1 fully saturated rings. The summed E-state index contributed by atoms with van der Waals surface area (Å²) in [5.74, 6) is 0.259. The Kier molecular flexibility index (Phi) is 3.63. The van der Waals surface area contributed by atoms with Gasteiger partial charge in [0.05, 0.1) is 22.8 Å². The lowest BCUT2D eigenvalue weighted by Crippen LogP contribution is -2.53. The van der Waals surface area contributed by atoms with E-state index in [0.717, 1.165) is 18.4 Å². The van der Waals surface area contributed by atoms with Gasteiger partial charge in [-0.3, -0.25) is 4.79 Å². The third-order valence-electron chi connectivity index (χ3n) is 3.76. The molecule has 2 aromatic rings. The van der Waals surface area contributed by atoms with Crippen molar-refractivity contribution in [3.05, 3.63) is 36.2 Å². The number of carbonyl (C=O) groups is 1. The van der Waals surface area contributed by atoms with Crippen LogP contribution < -0.4 is 5.32 Å². The molecule has 1 aliphatic rings. The van der Waals surface area contributed by atoms with Gasteiger partial charge >= 0.3 is 0 Å². The molecule has 1 N–H and O–H groups in total. The van der Waals surface area contributed by atoms with E-state index in [1.54, 1.807) is 10.7 Å². The quantitative estimate of drug-likeness (QED) is 0.879. The lowest BCUT2D eigenvalue weighted by molar-refractivity contribution is 0.0434. The predicted octanol–water partition coefficient (Wildman–Crippen LogP) is 1.85. The molecule has 1 saturated heterocycles. The summed E-state index contributed by atoms with van der Waals surface area (Å²) in [5, 5.41) is 7.25. The Hall–Kier alpha value is -1.59. The van der Waals surface area contributed by atoms with Crippen LogP contribution in [0.3, 0.4) is 0 Å². The van der Waals surface area contributed by atoms with E-state index in [9.17, 15) is 4.79 Å². The Morgan fingerprint density at radius 2 is 2.25 bits per heavy atom. The Morgan fingerprint density at radius 3 is 3.00 bits per heavy atom. The molecule has 1 amide bonds. The van der Waals surface area contributed by atoms with Crippen LogP contribution in [0.15, 0.2) is 30.6 Å². The third-order valence-corrected chi connectivity index (χ3v) is 4.27. The first-order valence-electron chi connectivity index (χ1n) is 6.63. The number of nitrogens with zero attached hydrogens (tertiary/aromatic N) is 2. The van der Waals surface area contributed by atoms with Gasteiger partial charge in [-0.05, 0) is 25.0 Å². The Labute approximate surface area is 121 Å². The lowest BCUT2D eigenvalue weighted by atomic mass is 9.92. The van der Waals surface area contributed by atoms with Crippen molar-refractivity contribution in [2.24, 2.45) is 0 Å². The number of fused-ring (bicyclic) bond motifs is 1. The Bertz CT molecular complexity index is 620. The molecule has 0 bridgehead atoms. The number of nitrogens with one attached hydrogen (secondary N) is 1. The minimum absolute atomic E-state index is 0.131. The van der Waals surface area contributed by atoms with Gasteiger partial charge in [-0.25, -0.2) is 4.52 Å². The maximum absolute atomic E-state index is 12.5. The van der Waals surface area contributed by atoms with E-state index in [2.05, 4.69) is 10.4 Å². The van der Waals surface area contributed by atoms with Crippen LogP contribution in [0.5, 0.6) is 0 Å². The second-order valence-electron chi connectivity index (χ2n) is 5.07. The smallest absolute Gasteiger partial charge is 0.255 e. The predicted molar refractivity (Wildman–Crippen MR) is 76.2 cm³/mol. The molecule has 0 aliphatic carbocycles. The fraction of sp³-hybridized carbons (Fsp3) is 0.429. The van der Waals surface area contributed by atoms with Crippen molar-refractivity contribution in [3.8, 4) is 0 Å². The molecule has 3 rings (SSSR count). The van der Waals surface area contributed by atoms with Crippen LogP contribution in [0.1, 0.15) is 23.2 Å². The summed E-state index contributed by atoms with van der Waals surface area (Å²) in [6, 6.07) is 5.64. The highest BCUT2D eigenvalue weighted by molar-refractivity contribution is 6.19. The largest absolute Gasteiger partial charge is 0.381 e. The van der Waals surface area contributed by atoms with Gasteiger partial charge in [0, 0.05) is 25.3 Å². The molecule has 0 aromatic carbocycles. The van der Waals surface area contributed by atoms with Crippen molar-refractivity contribution < 1.29 is 9.53 Å². The van der Waals surface area contributed by atoms with E-state index < -0.39 is 0 Å². The van der Waals surface area contributed by atoms with E-state index in [-0.39, 0.29) is 11.4 Å². The van der Waals surface area contributed by atoms with Crippen LogP contribution in [0, 0.1) is 0 Å². The summed E-state index contributed by atoms with van der Waals surface area (Å²) in [6.45, 7) is 1.25. The number of alkyl halides is 1. The molecule has 106 valence electrons. The van der Waals surface area contributed by atoms with Crippen molar-refractivity contribution in [2.45, 2.75) is 18.4 Å². The zero-order valence-corrected chi connectivity index (χ0v) is 11.8. The minimum atomic E-state index is -0.375. The van der Waals surface area contributed by atoms with Gasteiger partial charge in [0.1, 0.15) is 0 Å². The molecule has 0 radical (unpaired) electrons. The average Bonchev–Trinajstić information content (AvgIpc) is 2.92. The van der Waals surface area contributed by atoms with Gasteiger partial charge in [-0.2, -0.15) is 5.10 Å². The van der Waals surface area contributed by atoms with E-state index in [1.165, 1.54) is 0 Å². The zero-order valence-electron chi connectivity index (χ0n) is 11.0. The fourth-order valence-electron chi connectivity index (χ4n) is 2.47. The molecule has 0 spiro atoms. The normalized spacial score (nSPS) is 18.1. The number of rotatable bonds is 3. The topological polar surface area (TPSA) is 55.6 Å². The molecule has 1 aliphatic heterocycles. The van der Waals surface area contributed by atoms with Gasteiger partial charge in [0.15, 0.2) is 0 Å². The second-order valence-corrected chi connectivity index (χ2v) is 5.34. The molecule has 0 saturated carbocycles. The van der Waals surface area contributed by atoms with Crippen molar-refractivity contribution >= 4 is 23.0 Å². The first-order chi connectivity index (χ1) is 9.74. The summed E-state index contributed by atoms with van der Waals surface area (Å²) < 4.78 is 7.03. The van der Waals surface area contributed by atoms with Crippen LogP contribution >= 0.6 is 11.6 Å². The number of hydrogen-bond acceptors (Lipinski definition) is 3. The number of aromatic nitrogens is 2. The van der Waals surface area contributed by atoms with E-state index in [4.69, 9.17) is 16.3 Å². The van der Waals surface area contributed by atoms with Crippen LogP contribution in [0.4, 0.5) is 0 Å². The zero-order chi connectivity index (χ0) is 14.0. The molecule has 2 aromatic heterocycles. The summed E-state index contributed by atoms with van der Waals surface area (Å²) >= 11 is 6.07. The standard InChI is InChI=1S/C14H16ClN3O2/c15-10-14(4-7-20-8-5-14)17-13(19)11-9-16-18-6-2-1-3-12(11)18/h1-3,6,9H,4-5,7-8,10H2,(H,17,19). The molecule has 6 heteroatoms. The fourth-order valence-corrected chi connectivity index (χ4v) is 2.81. The third kappa shape index (κ3) is 2.39. The summed E-state index contributed by atoms with van der Waals surface area (Å²) in [6.07, 6.45) is 4.88. The minimum Gasteiger partial charge on any atom is -0.381 e. The molecule has 5 nitrogen and oxygen atoms in total. The first-order valence-corrected chi connectivity index (χ1v) is 7.16. The Balaban J connectivity index is 1.85. The molecule has 0 atom stereocenters. The second kappa shape index (κ2) is 5.42. The highest BCUT2D eigenvalue weighted by Crippen LogP contribution is 2.23. The first kappa shape index (κ1) is 13.4. The SMILES string of the molecule is O=C(NC1(CCl)CCOCC1)c1cnn2ccccc12. The van der Waals surface area contributed by atoms with E-state index >= 15 is 0 Å². The van der Waals surface area contributed by atoms with Crippen LogP contribution in [0.25, 0.3) is 5.52 Å². The van der Waals surface area contributed by atoms with Crippen molar-refractivity contribution in [2.75, 3.05) is 19.1 Å². The average molecular weight is 294 g/mol. The number of carbonyl (C=O) groups excluding carboxylic acids is 1. The molecule has 20 heavy (non-hydrogen) atoms. The van der Waals surface area contributed by atoms with Crippen molar-refractivity contribution in [3.63, 3.8) is 0 Å². The lowest BCUT2D eigenvalue weighted by Gasteiger charge is -2.36. The highest BCUT2D eigenvalue weighted by atomic mass is 35.5. The number of ether oxygens (including phenoxy) is 1. The summed E-state index contributed by atoms with van der Waals surface area (Å²) in [4.78, 5) is 12.5. The molecular weight excluding hydrogens is 278 g/mol. The van der Waals surface area contributed by atoms with E-state index in [0.29, 0.717) is 24.7 Å². The Morgan fingerprint density at radius 1 is 1.45 bits per heavy atom. The highest BCUT2D eigenvalue weighted by Gasteiger charge is 2.34. The van der Waals surface area contributed by atoms with Crippen LogP contribution in [-0.2, 0) is 4.74 Å². The number of pyridine rings is 1. The molecule has 3 heterocycles. The van der Waals surface area contributed by atoms with Gasteiger partial charge in [-0.1, -0.05) is 6.07 Å². The number of hydrogen-bond donors (Lipinski definition) is 1. The maximum Gasteiger partial charge on any atom is 0.255 e. The van der Waals surface area contributed by atoms with E-state index in [1.807, 2.05) is 24.4 Å². The van der Waals surface area contributed by atoms with Gasteiger partial charge in [-0.15, -0.1) is 11.6 Å². The van der Waals surface area contributed by atoms with Crippen LogP contribution in [-0.4, -0.2) is 40.2 Å². The summed E-state index contributed by atoms with van der Waals surface area (Å²) in [7, 11) is 0. The maximum atomic E-state index is 12.5. The molecule has 0 unspecified atom stereocenters. The monoisotopic (exact) mass is 293 g/mol. The van der Waals surface area contributed by atoms with Crippen molar-refractivity contribution in [1.29, 1.82) is 0 Å². The van der Waals surface area contributed by atoms with Gasteiger partial charge < -0.3 is 10.1 Å². The van der Waals surface area contributed by atoms with Gasteiger partial charge in [0.25, 0.3) is 5.91 Å². The molecular formula is C14H16ClN3O2. The number of amides is 1. The number of halogens is 1. The van der Waals surface area contributed by atoms with Gasteiger partial charge in [0.2, 0.25) is 0 Å². The summed E-state index contributed by atoms with van der Waals surface area (Å²) in [5.41, 5.74) is 0.989. The van der Waals surface area contributed by atoms with Crippen LogP contribution in [0.2, 0.25) is 0 Å². The van der Waals surface area contributed by atoms with Crippen molar-refractivity contribution in [1.82, 2.24) is 14.9 Å².